The fourth-order valence-corrected chi connectivity index (χ4v) is 5.91. The number of rotatable bonds is 15. The maximum Gasteiger partial charge on any atom is 0.410 e. The minimum absolute atomic E-state index is 0.0317. The summed E-state index contributed by atoms with van der Waals surface area (Å²) in [5, 5.41) is 21.9. The lowest BCUT2D eigenvalue weighted by Gasteiger charge is -2.23. The first-order valence-electron chi connectivity index (χ1n) is 18.4. The van der Waals surface area contributed by atoms with Crippen molar-refractivity contribution in [3.05, 3.63) is 87.8 Å². The van der Waals surface area contributed by atoms with Crippen LogP contribution >= 0.6 is 0 Å². The molecular weight excluding hydrogens is 752 g/mol. The van der Waals surface area contributed by atoms with Gasteiger partial charge in [0, 0.05) is 49.9 Å². The Bertz CT molecular complexity index is 2210. The number of methoxy groups -OCH3 is 1. The van der Waals surface area contributed by atoms with Gasteiger partial charge < -0.3 is 40.5 Å². The number of carbonyl (C=O) groups excluding carboxylic acids is 4. The number of hydrogen-bond donors (Lipinski definition) is 4. The number of anilines is 2. The number of aryl methyl sites for hydroxylation is 2. The van der Waals surface area contributed by atoms with Gasteiger partial charge in [0.05, 0.1) is 23.2 Å². The highest BCUT2D eigenvalue weighted by atomic mass is 16.6. The van der Waals surface area contributed by atoms with Gasteiger partial charge in [-0.2, -0.15) is 5.10 Å². The maximum atomic E-state index is 13.3. The van der Waals surface area contributed by atoms with Gasteiger partial charge in [0.1, 0.15) is 29.2 Å². The molecular formula is C39H50N10O9. The number of likely N-dealkylation sites (tertiary alicyclic amines) is 1. The first-order chi connectivity index (χ1) is 27.5. The highest BCUT2D eigenvalue weighted by Gasteiger charge is 2.25. The van der Waals surface area contributed by atoms with E-state index in [0.29, 0.717) is 34.7 Å². The van der Waals surface area contributed by atoms with Crippen molar-refractivity contribution in [3.8, 4) is 11.5 Å². The number of nitro groups is 1. The minimum atomic E-state index is -0.846. The number of nitro benzene ring substituents is 1. The van der Waals surface area contributed by atoms with E-state index in [1.54, 1.807) is 39.3 Å². The molecule has 19 nitrogen and oxygen atoms in total. The largest absolute Gasteiger partial charge is 0.494 e. The van der Waals surface area contributed by atoms with Gasteiger partial charge in [-0.1, -0.05) is 24.8 Å². The second kappa shape index (κ2) is 19.3. The molecule has 5 rings (SSSR count). The molecule has 6 N–H and O–H groups in total. The molecule has 0 saturated carbocycles. The van der Waals surface area contributed by atoms with Crippen LogP contribution in [0.1, 0.15) is 77.4 Å². The lowest BCUT2D eigenvalue weighted by Crippen LogP contribution is -2.34. The van der Waals surface area contributed by atoms with Gasteiger partial charge in [-0.15, -0.1) is 0 Å². The second-order valence-corrected chi connectivity index (χ2v) is 14.0. The molecule has 58 heavy (non-hydrogen) atoms. The lowest BCUT2D eigenvalue weighted by molar-refractivity contribution is -0.384. The number of carbonyl (C=O) groups is 4. The number of fused-ring (bicyclic) bond motifs is 1. The molecule has 2 aromatic heterocycles. The molecule has 0 atom stereocenters. The number of nitrogens with two attached hydrogens (primary N) is 2. The molecule has 3 heterocycles. The third kappa shape index (κ3) is 11.1. The van der Waals surface area contributed by atoms with E-state index in [1.807, 2.05) is 27.7 Å². The molecule has 0 unspecified atom stereocenters. The Hall–Kier alpha value is -6.92. The molecule has 0 bridgehead atoms. The number of benzene rings is 2. The molecule has 310 valence electrons. The van der Waals surface area contributed by atoms with Gasteiger partial charge in [0.15, 0.2) is 11.4 Å². The first-order valence-corrected chi connectivity index (χ1v) is 18.4. The van der Waals surface area contributed by atoms with Gasteiger partial charge in [0.2, 0.25) is 17.8 Å². The van der Waals surface area contributed by atoms with E-state index in [0.717, 1.165) is 32.0 Å². The van der Waals surface area contributed by atoms with E-state index < -0.39 is 28.3 Å². The van der Waals surface area contributed by atoms with E-state index >= 15 is 0 Å². The van der Waals surface area contributed by atoms with Crippen LogP contribution in [0.25, 0.3) is 11.0 Å². The number of imidazole rings is 1. The van der Waals surface area contributed by atoms with Crippen LogP contribution in [0.4, 0.5) is 22.1 Å². The summed E-state index contributed by atoms with van der Waals surface area (Å²) >= 11 is 0. The van der Waals surface area contributed by atoms with E-state index in [4.69, 9.17) is 25.7 Å². The monoisotopic (exact) mass is 802 g/mol. The Balaban J connectivity index is 0.000000530. The Morgan fingerprint density at radius 1 is 1.02 bits per heavy atom. The summed E-state index contributed by atoms with van der Waals surface area (Å²) in [6.07, 6.45) is 6.94. The zero-order chi connectivity index (χ0) is 42.7. The van der Waals surface area contributed by atoms with Gasteiger partial charge in [0.25, 0.3) is 11.6 Å². The minimum Gasteiger partial charge on any atom is -0.494 e. The highest BCUT2D eigenvalue weighted by molar-refractivity contribution is 6.04. The molecule has 0 radical (unpaired) electrons. The fraction of sp³-hybridized carbons (Fsp3) is 0.385. The van der Waals surface area contributed by atoms with Crippen LogP contribution < -0.4 is 31.6 Å². The summed E-state index contributed by atoms with van der Waals surface area (Å²) in [7, 11) is 1.43. The smallest absolute Gasteiger partial charge is 0.410 e. The number of primary amides is 2. The summed E-state index contributed by atoms with van der Waals surface area (Å²) in [4.78, 5) is 65.9. The van der Waals surface area contributed by atoms with Crippen molar-refractivity contribution in [1.29, 1.82) is 0 Å². The number of nitrogens with one attached hydrogen (secondary N) is 2. The van der Waals surface area contributed by atoms with E-state index in [1.165, 1.54) is 31.4 Å². The van der Waals surface area contributed by atoms with E-state index in [2.05, 4.69) is 27.3 Å². The summed E-state index contributed by atoms with van der Waals surface area (Å²) < 4.78 is 19.6. The number of ether oxygens (including phenoxy) is 3. The normalized spacial score (nSPS) is 12.5. The third-order valence-corrected chi connectivity index (χ3v) is 8.50. The van der Waals surface area contributed by atoms with Crippen LogP contribution in [0.2, 0.25) is 0 Å². The molecule has 0 spiro atoms. The average molecular weight is 803 g/mol. The number of hydrogen-bond acceptors (Lipinski definition) is 12. The van der Waals surface area contributed by atoms with Crippen molar-refractivity contribution < 1.29 is 38.3 Å². The van der Waals surface area contributed by atoms with E-state index in [-0.39, 0.29) is 59.9 Å². The summed E-state index contributed by atoms with van der Waals surface area (Å²) in [5.41, 5.74) is 12.1. The van der Waals surface area contributed by atoms with Gasteiger partial charge >= 0.3 is 6.09 Å². The SMILES string of the molecule is C=CCOc1cc(C(N)=O)cc([N+](=O)[O-])c1NC/C=C/Cn1c(NC(=O)c2cc(C)nn2CC)nc2cc(C(N)=O)cc(OC)c21.CC(C)(C)OC(=O)N1CCCC1. The molecule has 19 heteroatoms. The van der Waals surface area contributed by atoms with Gasteiger partial charge in [-0.3, -0.25) is 34.5 Å². The molecule has 4 aromatic rings. The predicted molar refractivity (Wildman–Crippen MR) is 217 cm³/mol. The maximum absolute atomic E-state index is 13.3. The molecule has 2 aromatic carbocycles. The van der Waals surface area contributed by atoms with Gasteiger partial charge in [-0.05, 0) is 71.7 Å². The average Bonchev–Trinajstić information content (AvgIpc) is 3.92. The molecule has 1 saturated heterocycles. The Labute approximate surface area is 335 Å². The quantitative estimate of drug-likeness (QED) is 0.0689. The van der Waals surface area contributed by atoms with Crippen LogP contribution in [0.15, 0.2) is 55.1 Å². The van der Waals surface area contributed by atoms with Crippen molar-refractivity contribution in [3.63, 3.8) is 0 Å². The summed E-state index contributed by atoms with van der Waals surface area (Å²) in [6.45, 7) is 15.4. The standard InChI is InChI=1S/C30H33N9O7.C9H17NO2/c1-5-11-46-23-15-19(28(32)41)14-21(39(43)44)25(23)33-9-7-8-10-37-26-20(13-18(27(31)40)16-24(26)45-4)34-30(37)35-29(42)22-12-17(3)36-38(22)6-2;1-9(2,3)12-8(11)10-6-4-5-7-10/h5,7-8,12-16,33H,1,6,9-11H2,2-4H3,(H2,31,40)(H2,32,41)(H,34,35,42);4-7H2,1-3H3/b8-7+;. The number of nitrogens with zero attached hydrogens (tertiary/aromatic N) is 6. The third-order valence-electron chi connectivity index (χ3n) is 8.50. The van der Waals surface area contributed by atoms with Crippen molar-refractivity contribution in [1.82, 2.24) is 24.2 Å². The Morgan fingerprint density at radius 3 is 2.26 bits per heavy atom. The first kappa shape index (κ1) is 43.8. The van der Waals surface area contributed by atoms with Gasteiger partial charge in [-0.25, -0.2) is 9.78 Å². The van der Waals surface area contributed by atoms with Crippen molar-refractivity contribution in [2.24, 2.45) is 11.5 Å². The van der Waals surface area contributed by atoms with Crippen LogP contribution in [0, 0.1) is 17.0 Å². The van der Waals surface area contributed by atoms with Crippen LogP contribution in [-0.2, 0) is 17.8 Å². The van der Waals surface area contributed by atoms with Crippen LogP contribution in [0.5, 0.6) is 11.5 Å². The molecule has 1 aliphatic rings. The zero-order valence-electron chi connectivity index (χ0n) is 33.5. The van der Waals surface area contributed by atoms with Crippen LogP contribution in [-0.4, -0.2) is 91.9 Å². The summed E-state index contributed by atoms with van der Waals surface area (Å²) in [5.74, 6) is -1.45. The van der Waals surface area contributed by atoms with Crippen molar-refractivity contribution in [2.75, 3.05) is 44.0 Å². The van der Waals surface area contributed by atoms with Crippen molar-refractivity contribution in [2.45, 2.75) is 66.2 Å². The number of allylic oxidation sites excluding steroid dienone is 1. The topological polar surface area (TPSA) is 254 Å². The predicted octanol–water partition coefficient (Wildman–Crippen LogP) is 5.18. The zero-order valence-corrected chi connectivity index (χ0v) is 33.5. The second-order valence-electron chi connectivity index (χ2n) is 14.0. The molecule has 4 amide bonds. The fourth-order valence-electron chi connectivity index (χ4n) is 5.91. The Morgan fingerprint density at radius 2 is 1.67 bits per heavy atom. The summed E-state index contributed by atoms with van der Waals surface area (Å²) in [6, 6.07) is 7.02. The molecule has 1 aliphatic heterocycles. The number of amides is 4. The van der Waals surface area contributed by atoms with Crippen LogP contribution in [0.3, 0.4) is 0 Å². The molecule has 0 aliphatic carbocycles. The van der Waals surface area contributed by atoms with Crippen molar-refractivity contribution >= 4 is 52.2 Å². The lowest BCUT2D eigenvalue weighted by atomic mass is 10.1. The molecule has 1 fully saturated rings. The van der Waals surface area contributed by atoms with E-state index in [9.17, 15) is 29.3 Å². The highest BCUT2D eigenvalue weighted by Crippen LogP contribution is 2.36. The number of aromatic nitrogens is 4. The Kier molecular flexibility index (Phi) is 14.6.